The van der Waals surface area contributed by atoms with Gasteiger partial charge in [0.15, 0.2) is 0 Å². The predicted octanol–water partition coefficient (Wildman–Crippen LogP) is 4.73. The molecular formula is C18H17F3N2O2. The Morgan fingerprint density at radius 1 is 1.28 bits per heavy atom. The topological polar surface area (TPSA) is 51.2 Å². The van der Waals surface area contributed by atoms with Crippen LogP contribution in [-0.2, 0) is 0 Å². The lowest BCUT2D eigenvalue weighted by molar-refractivity contribution is -0.159. The summed E-state index contributed by atoms with van der Waals surface area (Å²) in [5.41, 5.74) is 1.11. The normalized spacial score (nSPS) is 14.7. The number of carbonyl (C=O) groups excluding carboxylic acids is 1. The lowest BCUT2D eigenvalue weighted by atomic mass is 9.80. The average Bonchev–Trinajstić information content (AvgIpc) is 2.48. The van der Waals surface area contributed by atoms with Crippen LogP contribution in [-0.4, -0.2) is 17.0 Å². The quantitative estimate of drug-likeness (QED) is 0.848. The highest BCUT2D eigenvalue weighted by Crippen LogP contribution is 2.38. The first kappa shape index (κ1) is 17.3. The number of benzene rings is 1. The van der Waals surface area contributed by atoms with E-state index in [0.29, 0.717) is 18.2 Å². The Kier molecular flexibility index (Phi) is 4.65. The average molecular weight is 350 g/mol. The van der Waals surface area contributed by atoms with Gasteiger partial charge in [0.1, 0.15) is 17.3 Å². The van der Waals surface area contributed by atoms with Gasteiger partial charge in [-0.05, 0) is 54.7 Å². The molecule has 1 aliphatic carbocycles. The van der Waals surface area contributed by atoms with Crippen LogP contribution in [0, 0.1) is 5.82 Å². The second kappa shape index (κ2) is 6.74. The molecule has 25 heavy (non-hydrogen) atoms. The Labute approximate surface area is 143 Å². The maximum Gasteiger partial charge on any atom is 0.394 e. The van der Waals surface area contributed by atoms with Gasteiger partial charge in [-0.2, -0.15) is 8.78 Å². The number of aromatic nitrogens is 1. The van der Waals surface area contributed by atoms with Gasteiger partial charge in [-0.1, -0.05) is 6.42 Å². The van der Waals surface area contributed by atoms with Crippen molar-refractivity contribution >= 4 is 11.6 Å². The zero-order valence-electron chi connectivity index (χ0n) is 13.6. The fraction of sp³-hybridized carbons (Fsp3) is 0.333. The fourth-order valence-corrected chi connectivity index (χ4v) is 2.63. The van der Waals surface area contributed by atoms with Crippen molar-refractivity contribution in [3.05, 3.63) is 53.6 Å². The maximum atomic E-state index is 13.9. The molecule has 1 aromatic heterocycles. The Balaban J connectivity index is 1.69. The van der Waals surface area contributed by atoms with E-state index in [1.54, 1.807) is 6.07 Å². The summed E-state index contributed by atoms with van der Waals surface area (Å²) in [6.07, 6.45) is 0.697. The smallest absolute Gasteiger partial charge is 0.394 e. The van der Waals surface area contributed by atoms with Crippen molar-refractivity contribution in [1.82, 2.24) is 4.98 Å². The maximum absolute atomic E-state index is 13.9. The van der Waals surface area contributed by atoms with Gasteiger partial charge in [0, 0.05) is 12.6 Å². The number of amides is 1. The molecule has 0 radical (unpaired) electrons. The third-order valence-electron chi connectivity index (χ3n) is 4.06. The van der Waals surface area contributed by atoms with E-state index in [4.69, 9.17) is 0 Å². The van der Waals surface area contributed by atoms with Crippen LogP contribution < -0.4 is 10.1 Å². The Morgan fingerprint density at radius 2 is 2.04 bits per heavy atom. The highest BCUT2D eigenvalue weighted by Gasteiger charge is 2.24. The standard InChI is InChI=1S/C18H17F3N2O2/c1-18(20,21)25-13-6-8-16(22-10-13)17(24)23-12-5-7-15(19)14(9-12)11-3-2-4-11/h5-11H,2-4H2,1H3,(H,23,24). The van der Waals surface area contributed by atoms with E-state index in [1.807, 2.05) is 0 Å². The minimum Gasteiger partial charge on any atom is -0.431 e. The van der Waals surface area contributed by atoms with Crippen molar-refractivity contribution in [1.29, 1.82) is 0 Å². The van der Waals surface area contributed by atoms with E-state index in [9.17, 15) is 18.0 Å². The van der Waals surface area contributed by atoms with Crippen molar-refractivity contribution < 1.29 is 22.7 Å². The van der Waals surface area contributed by atoms with E-state index >= 15 is 0 Å². The van der Waals surface area contributed by atoms with Crippen molar-refractivity contribution in [3.8, 4) is 5.75 Å². The Hall–Kier alpha value is -2.57. The van der Waals surface area contributed by atoms with Gasteiger partial charge in [0.25, 0.3) is 5.91 Å². The predicted molar refractivity (Wildman–Crippen MR) is 86.4 cm³/mol. The van der Waals surface area contributed by atoms with Crippen LogP contribution in [0.1, 0.15) is 48.2 Å². The number of halogens is 3. The van der Waals surface area contributed by atoms with Crippen LogP contribution in [0.2, 0.25) is 0 Å². The van der Waals surface area contributed by atoms with Gasteiger partial charge in [-0.25, -0.2) is 9.37 Å². The summed E-state index contributed by atoms with van der Waals surface area (Å²) in [5.74, 6) is -0.732. The van der Waals surface area contributed by atoms with Crippen molar-refractivity contribution in [3.63, 3.8) is 0 Å². The number of pyridine rings is 1. The van der Waals surface area contributed by atoms with Crippen molar-refractivity contribution in [2.24, 2.45) is 0 Å². The van der Waals surface area contributed by atoms with Gasteiger partial charge in [0.2, 0.25) is 0 Å². The SMILES string of the molecule is CC(F)(F)Oc1ccc(C(=O)Nc2ccc(F)c(C3CCC3)c2)nc1. The van der Waals surface area contributed by atoms with Gasteiger partial charge in [-0.15, -0.1) is 0 Å². The molecule has 1 amide bonds. The molecule has 1 aliphatic rings. The van der Waals surface area contributed by atoms with Crippen LogP contribution >= 0.6 is 0 Å². The summed E-state index contributed by atoms with van der Waals surface area (Å²) in [6, 6.07) is 6.96. The molecule has 0 spiro atoms. The molecule has 0 atom stereocenters. The second-order valence-corrected chi connectivity index (χ2v) is 6.11. The van der Waals surface area contributed by atoms with Crippen LogP contribution in [0.4, 0.5) is 18.9 Å². The molecule has 1 saturated carbocycles. The molecule has 0 unspecified atom stereocenters. The monoisotopic (exact) mass is 350 g/mol. The number of hydrogen-bond donors (Lipinski definition) is 1. The first-order valence-corrected chi connectivity index (χ1v) is 7.95. The molecule has 1 aromatic carbocycles. The Morgan fingerprint density at radius 3 is 2.60 bits per heavy atom. The van der Waals surface area contributed by atoms with Gasteiger partial charge in [-0.3, -0.25) is 4.79 Å². The second-order valence-electron chi connectivity index (χ2n) is 6.11. The summed E-state index contributed by atoms with van der Waals surface area (Å²) in [4.78, 5) is 16.0. The molecule has 2 aromatic rings. The molecule has 7 heteroatoms. The number of nitrogens with zero attached hydrogens (tertiary/aromatic N) is 1. The minimum atomic E-state index is -3.32. The van der Waals surface area contributed by atoms with Crippen LogP contribution in [0.5, 0.6) is 5.75 Å². The zero-order valence-corrected chi connectivity index (χ0v) is 13.6. The van der Waals surface area contributed by atoms with Gasteiger partial charge < -0.3 is 10.1 Å². The van der Waals surface area contributed by atoms with Crippen molar-refractivity contribution in [2.45, 2.75) is 38.2 Å². The minimum absolute atomic E-state index is 0.0429. The largest absolute Gasteiger partial charge is 0.431 e. The molecule has 0 bridgehead atoms. The van der Waals surface area contributed by atoms with E-state index in [0.717, 1.165) is 25.5 Å². The highest BCUT2D eigenvalue weighted by molar-refractivity contribution is 6.02. The van der Waals surface area contributed by atoms with Crippen LogP contribution in [0.15, 0.2) is 36.5 Å². The van der Waals surface area contributed by atoms with E-state index in [1.165, 1.54) is 24.3 Å². The number of rotatable bonds is 5. The third kappa shape index (κ3) is 4.29. The molecular weight excluding hydrogens is 333 g/mol. The van der Waals surface area contributed by atoms with E-state index < -0.39 is 12.0 Å². The highest BCUT2D eigenvalue weighted by atomic mass is 19.3. The molecule has 1 N–H and O–H groups in total. The third-order valence-corrected chi connectivity index (χ3v) is 4.06. The van der Waals surface area contributed by atoms with Crippen LogP contribution in [0.3, 0.4) is 0 Å². The van der Waals surface area contributed by atoms with Crippen molar-refractivity contribution in [2.75, 3.05) is 5.32 Å². The first-order chi connectivity index (χ1) is 11.8. The molecule has 1 heterocycles. The summed E-state index contributed by atoms with van der Waals surface area (Å²) in [7, 11) is 0. The number of carbonyl (C=O) groups is 1. The fourth-order valence-electron chi connectivity index (χ4n) is 2.63. The van der Waals surface area contributed by atoms with E-state index in [2.05, 4.69) is 15.0 Å². The summed E-state index contributed by atoms with van der Waals surface area (Å²) < 4.78 is 43.8. The zero-order chi connectivity index (χ0) is 18.0. The lowest BCUT2D eigenvalue weighted by Crippen LogP contribution is -2.19. The van der Waals surface area contributed by atoms with E-state index in [-0.39, 0.29) is 23.2 Å². The molecule has 0 aliphatic heterocycles. The van der Waals surface area contributed by atoms with Gasteiger partial charge >= 0.3 is 6.11 Å². The molecule has 1 fully saturated rings. The number of ether oxygens (including phenoxy) is 1. The lowest BCUT2D eigenvalue weighted by Gasteiger charge is -2.26. The number of alkyl halides is 2. The molecule has 0 saturated heterocycles. The summed E-state index contributed by atoms with van der Waals surface area (Å²) in [6.45, 7) is 0.613. The first-order valence-electron chi connectivity index (χ1n) is 7.95. The molecule has 3 rings (SSSR count). The number of anilines is 1. The molecule has 132 valence electrons. The van der Waals surface area contributed by atoms with Crippen LogP contribution in [0.25, 0.3) is 0 Å². The summed E-state index contributed by atoms with van der Waals surface area (Å²) >= 11 is 0. The number of nitrogens with one attached hydrogen (secondary N) is 1. The number of hydrogen-bond acceptors (Lipinski definition) is 3. The molecule has 4 nitrogen and oxygen atoms in total. The Bertz CT molecular complexity index is 769. The van der Waals surface area contributed by atoms with Gasteiger partial charge in [0.05, 0.1) is 6.20 Å². The summed E-state index contributed by atoms with van der Waals surface area (Å²) in [5, 5.41) is 2.64.